The highest BCUT2D eigenvalue weighted by Gasteiger charge is 2.61. The Labute approximate surface area is 185 Å². The van der Waals surface area contributed by atoms with Gasteiger partial charge in [-0.25, -0.2) is 0 Å². The normalized spacial score (nSPS) is 51.1. The molecule has 0 aromatic heterocycles. The van der Waals surface area contributed by atoms with E-state index < -0.39 is 11.2 Å². The third-order valence-electron chi connectivity index (χ3n) is 11.1. The molecule has 170 valence electrons. The number of hydrogen-bond donors (Lipinski definition) is 2. The summed E-state index contributed by atoms with van der Waals surface area (Å²) >= 11 is 0. The first-order chi connectivity index (χ1) is 13.9. The Kier molecular flexibility index (Phi) is 5.68. The topological polar surface area (TPSA) is 40.5 Å². The SMILES string of the molecule is C#CC(C)(O)CC[C@@H](C)C1CC[C@H]2[C@@H]3CC[C@H]4C[C@@](C)(O)CC[C@]4(C)[C@H]3CC[C@]12C. The number of terminal acetylenes is 1. The average Bonchev–Trinajstić information content (AvgIpc) is 3.04. The van der Waals surface area contributed by atoms with E-state index in [9.17, 15) is 10.2 Å². The van der Waals surface area contributed by atoms with Gasteiger partial charge >= 0.3 is 0 Å². The number of hydrogen-bond acceptors (Lipinski definition) is 2. The summed E-state index contributed by atoms with van der Waals surface area (Å²) in [5.41, 5.74) is -0.485. The minimum atomic E-state index is -0.958. The van der Waals surface area contributed by atoms with Crippen LogP contribution in [-0.4, -0.2) is 21.4 Å². The van der Waals surface area contributed by atoms with Crippen LogP contribution in [0.3, 0.4) is 0 Å². The summed E-state index contributed by atoms with van der Waals surface area (Å²) in [6, 6.07) is 0. The van der Waals surface area contributed by atoms with Crippen molar-refractivity contribution in [1.29, 1.82) is 0 Å². The maximum atomic E-state index is 10.7. The summed E-state index contributed by atoms with van der Waals surface area (Å²) in [7, 11) is 0. The summed E-state index contributed by atoms with van der Waals surface area (Å²) in [4.78, 5) is 0. The lowest BCUT2D eigenvalue weighted by Gasteiger charge is -2.62. The zero-order chi connectivity index (χ0) is 21.9. The van der Waals surface area contributed by atoms with Crippen LogP contribution in [0, 0.1) is 58.7 Å². The first kappa shape index (κ1) is 22.7. The van der Waals surface area contributed by atoms with Gasteiger partial charge in [0.15, 0.2) is 0 Å². The highest BCUT2D eigenvalue weighted by atomic mass is 16.3. The smallest absolute Gasteiger partial charge is 0.122 e. The van der Waals surface area contributed by atoms with E-state index in [0.29, 0.717) is 29.1 Å². The van der Waals surface area contributed by atoms with Crippen molar-refractivity contribution < 1.29 is 10.2 Å². The van der Waals surface area contributed by atoms with Gasteiger partial charge in [0.25, 0.3) is 0 Å². The lowest BCUT2D eigenvalue weighted by atomic mass is 9.43. The highest BCUT2D eigenvalue weighted by molar-refractivity contribution is 5.11. The molecule has 4 fully saturated rings. The van der Waals surface area contributed by atoms with Gasteiger partial charge in [0.1, 0.15) is 5.60 Å². The zero-order valence-corrected chi connectivity index (χ0v) is 20.2. The van der Waals surface area contributed by atoms with Gasteiger partial charge in [-0.1, -0.05) is 26.7 Å². The van der Waals surface area contributed by atoms with Gasteiger partial charge in [0.2, 0.25) is 0 Å². The van der Waals surface area contributed by atoms with Crippen LogP contribution in [0.25, 0.3) is 0 Å². The highest BCUT2D eigenvalue weighted by Crippen LogP contribution is 2.68. The Hall–Kier alpha value is -0.520. The van der Waals surface area contributed by atoms with Crippen molar-refractivity contribution in [3.05, 3.63) is 0 Å². The van der Waals surface area contributed by atoms with Crippen molar-refractivity contribution >= 4 is 0 Å². The Bertz CT molecular complexity index is 687. The average molecular weight is 415 g/mol. The van der Waals surface area contributed by atoms with Gasteiger partial charge < -0.3 is 10.2 Å². The minimum Gasteiger partial charge on any atom is -0.390 e. The first-order valence-electron chi connectivity index (χ1n) is 12.8. The molecular formula is C28H46O2. The molecule has 0 aromatic carbocycles. The van der Waals surface area contributed by atoms with E-state index in [1.54, 1.807) is 6.92 Å². The fourth-order valence-corrected chi connectivity index (χ4v) is 9.19. The molecule has 0 aromatic rings. The minimum absolute atomic E-state index is 0.437. The van der Waals surface area contributed by atoms with Crippen LogP contribution < -0.4 is 0 Å². The van der Waals surface area contributed by atoms with Crippen LogP contribution in [0.1, 0.15) is 105 Å². The Morgan fingerprint density at radius 1 is 1.00 bits per heavy atom. The molecule has 0 heterocycles. The summed E-state index contributed by atoms with van der Waals surface area (Å²) < 4.78 is 0. The number of aliphatic hydroxyl groups is 2. The Balaban J connectivity index is 1.48. The maximum Gasteiger partial charge on any atom is 0.122 e. The predicted octanol–water partition coefficient (Wildman–Crippen LogP) is 6.20. The molecule has 2 nitrogen and oxygen atoms in total. The number of fused-ring (bicyclic) bond motifs is 5. The fourth-order valence-electron chi connectivity index (χ4n) is 9.19. The lowest BCUT2D eigenvalue weighted by molar-refractivity contribution is -0.148. The molecule has 0 bridgehead atoms. The summed E-state index contributed by atoms with van der Waals surface area (Å²) in [6.07, 6.45) is 18.7. The predicted molar refractivity (Wildman–Crippen MR) is 124 cm³/mol. The molecule has 0 amide bonds. The molecule has 4 saturated carbocycles. The van der Waals surface area contributed by atoms with Crippen molar-refractivity contribution in [3.8, 4) is 12.3 Å². The van der Waals surface area contributed by atoms with Crippen LogP contribution in [0.15, 0.2) is 0 Å². The quantitative estimate of drug-likeness (QED) is 0.538. The van der Waals surface area contributed by atoms with E-state index >= 15 is 0 Å². The van der Waals surface area contributed by atoms with Crippen molar-refractivity contribution in [2.24, 2.45) is 46.3 Å². The summed E-state index contributed by atoms with van der Waals surface area (Å²) in [5, 5.41) is 21.0. The maximum absolute atomic E-state index is 10.7. The van der Waals surface area contributed by atoms with E-state index in [2.05, 4.69) is 33.6 Å². The summed E-state index contributed by atoms with van der Waals surface area (Å²) in [5.74, 6) is 7.31. The van der Waals surface area contributed by atoms with Crippen LogP contribution in [0.5, 0.6) is 0 Å². The van der Waals surface area contributed by atoms with Crippen molar-refractivity contribution in [3.63, 3.8) is 0 Å². The molecule has 30 heavy (non-hydrogen) atoms. The lowest BCUT2D eigenvalue weighted by Crippen LogP contribution is -2.55. The molecule has 0 saturated heterocycles. The van der Waals surface area contributed by atoms with Crippen molar-refractivity contribution in [2.45, 2.75) is 116 Å². The second-order valence-electron chi connectivity index (χ2n) is 13.0. The molecule has 0 aliphatic heterocycles. The number of rotatable bonds is 4. The van der Waals surface area contributed by atoms with Crippen molar-refractivity contribution in [1.82, 2.24) is 0 Å². The molecular weight excluding hydrogens is 368 g/mol. The van der Waals surface area contributed by atoms with Gasteiger partial charge in [-0.05, 0) is 131 Å². The van der Waals surface area contributed by atoms with E-state index in [0.717, 1.165) is 42.9 Å². The second kappa shape index (κ2) is 7.52. The summed E-state index contributed by atoms with van der Waals surface area (Å²) in [6.45, 7) is 11.5. The molecule has 4 rings (SSSR count). The van der Waals surface area contributed by atoms with Gasteiger partial charge in [0, 0.05) is 0 Å². The van der Waals surface area contributed by atoms with Crippen LogP contribution >= 0.6 is 0 Å². The monoisotopic (exact) mass is 414 g/mol. The Morgan fingerprint density at radius 3 is 2.40 bits per heavy atom. The van der Waals surface area contributed by atoms with Gasteiger partial charge in [-0.2, -0.15) is 0 Å². The molecule has 2 N–H and O–H groups in total. The second-order valence-corrected chi connectivity index (χ2v) is 13.0. The van der Waals surface area contributed by atoms with Gasteiger partial charge in [-0.15, -0.1) is 6.42 Å². The zero-order valence-electron chi connectivity index (χ0n) is 20.2. The first-order valence-corrected chi connectivity index (χ1v) is 12.8. The molecule has 0 spiro atoms. The Morgan fingerprint density at radius 2 is 1.70 bits per heavy atom. The molecule has 4 aliphatic carbocycles. The van der Waals surface area contributed by atoms with Crippen molar-refractivity contribution in [2.75, 3.05) is 0 Å². The van der Waals surface area contributed by atoms with E-state index in [4.69, 9.17) is 6.42 Å². The van der Waals surface area contributed by atoms with E-state index in [1.165, 1.54) is 44.9 Å². The van der Waals surface area contributed by atoms with Crippen LogP contribution in [0.4, 0.5) is 0 Å². The third kappa shape index (κ3) is 3.67. The molecule has 2 unspecified atom stereocenters. The van der Waals surface area contributed by atoms with Crippen LogP contribution in [-0.2, 0) is 0 Å². The third-order valence-corrected chi connectivity index (χ3v) is 11.1. The molecule has 2 heteroatoms. The van der Waals surface area contributed by atoms with E-state index in [1.807, 2.05) is 0 Å². The fraction of sp³-hybridized carbons (Fsp3) is 0.929. The van der Waals surface area contributed by atoms with E-state index in [-0.39, 0.29) is 0 Å². The molecule has 4 aliphatic rings. The largest absolute Gasteiger partial charge is 0.390 e. The van der Waals surface area contributed by atoms with Crippen LogP contribution in [0.2, 0.25) is 0 Å². The molecule has 10 atom stereocenters. The van der Waals surface area contributed by atoms with Gasteiger partial charge in [0.05, 0.1) is 5.60 Å². The standard InChI is InChI=1S/C28H46O2/c1-7-25(3,29)14-12-19(2)22-10-11-23-21-9-8-20-18-26(4,30)16-17-27(20,5)24(21)13-15-28(22,23)6/h1,19-24,29-30H,8-18H2,2-6H3/t19-,20+,21+,22?,23+,24+,25?,26+,27+,28-/m1/s1. The van der Waals surface area contributed by atoms with Gasteiger partial charge in [-0.3, -0.25) is 0 Å². The molecule has 0 radical (unpaired) electrons.